The van der Waals surface area contributed by atoms with Gasteiger partial charge in [0.05, 0.1) is 15.9 Å². The Hall–Kier alpha value is -1.29. The van der Waals surface area contributed by atoms with Crippen molar-refractivity contribution in [2.24, 2.45) is 0 Å². The maximum atomic E-state index is 11.2. The first-order valence-corrected chi connectivity index (χ1v) is 10.3. The summed E-state index contributed by atoms with van der Waals surface area (Å²) >= 11 is 2.46. The molecule has 3 aliphatic heterocycles. The van der Waals surface area contributed by atoms with E-state index in [9.17, 15) is 15.0 Å². The number of aliphatic hydroxyl groups excluding tert-OH is 1. The van der Waals surface area contributed by atoms with Crippen LogP contribution in [0.1, 0.15) is 22.6 Å². The summed E-state index contributed by atoms with van der Waals surface area (Å²) in [4.78, 5) is 14.4. The van der Waals surface area contributed by atoms with Gasteiger partial charge in [-0.05, 0) is 42.8 Å². The van der Waals surface area contributed by atoms with E-state index in [0.29, 0.717) is 34.0 Å². The summed E-state index contributed by atoms with van der Waals surface area (Å²) in [5, 5.41) is 32.3. The molecule has 0 aliphatic carbocycles. The monoisotopic (exact) mass is 395 g/mol. The van der Waals surface area contributed by atoms with E-state index < -0.39 is 11.6 Å². The van der Waals surface area contributed by atoms with Gasteiger partial charge in [-0.25, -0.2) is 4.79 Å². The second-order valence-corrected chi connectivity index (χ2v) is 8.86. The van der Waals surface area contributed by atoms with Crippen LogP contribution < -0.4 is 0 Å². The fraction of sp³-hybridized carbons (Fsp3) is 0.500. The summed E-state index contributed by atoms with van der Waals surface area (Å²) in [6.07, 6.45) is 2.67. The SMILES string of the molecule is CN1C2CC(O)C[C@H]1[C@H]1OC21.O=C(O)C(O)(c1cccs1)c1cccs1. The van der Waals surface area contributed by atoms with Crippen LogP contribution in [0.15, 0.2) is 35.0 Å². The van der Waals surface area contributed by atoms with Gasteiger partial charge >= 0.3 is 5.97 Å². The van der Waals surface area contributed by atoms with Crippen LogP contribution in [0.4, 0.5) is 0 Å². The van der Waals surface area contributed by atoms with Gasteiger partial charge in [-0.2, -0.15) is 0 Å². The van der Waals surface area contributed by atoms with E-state index in [0.717, 1.165) is 12.8 Å². The highest BCUT2D eigenvalue weighted by Crippen LogP contribution is 2.47. The number of likely N-dealkylation sites (N-methyl/N-ethyl adjacent to an activating group) is 1. The van der Waals surface area contributed by atoms with Gasteiger partial charge in [0.25, 0.3) is 0 Å². The normalized spacial score (nSPS) is 32.5. The molecule has 6 nitrogen and oxygen atoms in total. The van der Waals surface area contributed by atoms with Crippen LogP contribution in [-0.2, 0) is 15.1 Å². The van der Waals surface area contributed by atoms with E-state index in [1.807, 2.05) is 0 Å². The zero-order valence-corrected chi connectivity index (χ0v) is 15.8. The van der Waals surface area contributed by atoms with Crippen molar-refractivity contribution in [2.45, 2.75) is 48.8 Å². The number of rotatable bonds is 3. The lowest BCUT2D eigenvalue weighted by Gasteiger charge is -2.36. The predicted molar refractivity (Wildman–Crippen MR) is 98.5 cm³/mol. The smallest absolute Gasteiger partial charge is 0.346 e. The summed E-state index contributed by atoms with van der Waals surface area (Å²) < 4.78 is 5.49. The van der Waals surface area contributed by atoms with E-state index in [2.05, 4.69) is 11.9 Å². The topological polar surface area (TPSA) is 93.5 Å². The Morgan fingerprint density at radius 1 is 1.15 bits per heavy atom. The molecule has 3 unspecified atom stereocenters. The Morgan fingerprint density at radius 3 is 2.04 bits per heavy atom. The Kier molecular flexibility index (Phi) is 4.66. The van der Waals surface area contributed by atoms with Gasteiger partial charge in [-0.3, -0.25) is 4.90 Å². The van der Waals surface area contributed by atoms with Gasteiger partial charge in [0, 0.05) is 12.1 Å². The molecule has 2 aromatic heterocycles. The summed E-state index contributed by atoms with van der Waals surface area (Å²) in [6, 6.07) is 7.71. The van der Waals surface area contributed by atoms with Crippen molar-refractivity contribution in [3.8, 4) is 0 Å². The number of fused-ring (bicyclic) bond motifs is 5. The number of carbonyl (C=O) groups is 1. The van der Waals surface area contributed by atoms with Gasteiger partial charge < -0.3 is 20.1 Å². The van der Waals surface area contributed by atoms with Crippen molar-refractivity contribution < 1.29 is 24.9 Å². The minimum absolute atomic E-state index is 0.0717. The van der Waals surface area contributed by atoms with Crippen LogP contribution >= 0.6 is 22.7 Å². The average Bonchev–Trinajstić information content (AvgIpc) is 2.98. The quantitative estimate of drug-likeness (QED) is 0.686. The number of nitrogens with zero attached hydrogens (tertiary/aromatic N) is 1. The molecule has 3 fully saturated rings. The molecule has 3 N–H and O–H groups in total. The minimum Gasteiger partial charge on any atom is -0.479 e. The fourth-order valence-corrected chi connectivity index (χ4v) is 5.74. The van der Waals surface area contributed by atoms with E-state index in [1.165, 1.54) is 22.7 Å². The second kappa shape index (κ2) is 6.70. The highest BCUT2D eigenvalue weighted by Gasteiger charge is 2.62. The van der Waals surface area contributed by atoms with E-state index >= 15 is 0 Å². The maximum absolute atomic E-state index is 11.2. The number of carboxylic acid groups (broad SMARTS) is 1. The Bertz CT molecular complexity index is 710. The van der Waals surface area contributed by atoms with Gasteiger partial charge in [0.1, 0.15) is 12.2 Å². The largest absolute Gasteiger partial charge is 0.479 e. The van der Waals surface area contributed by atoms with Crippen LogP contribution in [0.3, 0.4) is 0 Å². The highest BCUT2D eigenvalue weighted by molar-refractivity contribution is 7.12. The number of hydrogen-bond acceptors (Lipinski definition) is 7. The van der Waals surface area contributed by atoms with Crippen molar-refractivity contribution in [1.82, 2.24) is 4.90 Å². The van der Waals surface area contributed by atoms with Crippen LogP contribution in [0.25, 0.3) is 0 Å². The second-order valence-electron chi connectivity index (χ2n) is 6.96. The van der Waals surface area contributed by atoms with Gasteiger partial charge in [-0.15, -0.1) is 22.7 Å². The third-order valence-corrected chi connectivity index (χ3v) is 7.42. The Balaban J connectivity index is 0.000000135. The lowest BCUT2D eigenvalue weighted by molar-refractivity contribution is -0.154. The van der Waals surface area contributed by atoms with Gasteiger partial charge in [0.15, 0.2) is 0 Å². The first kappa shape index (κ1) is 18.1. The number of ether oxygens (including phenoxy) is 1. The van der Waals surface area contributed by atoms with Gasteiger partial charge in [0.2, 0.25) is 5.60 Å². The number of hydrogen-bond donors (Lipinski definition) is 3. The van der Waals surface area contributed by atoms with Crippen molar-refractivity contribution in [3.05, 3.63) is 44.8 Å². The molecule has 26 heavy (non-hydrogen) atoms. The molecule has 0 spiro atoms. The standard InChI is InChI=1S/C10H8O3S2.C8H13NO2/c11-9(12)10(13,7-3-1-5-14-7)8-4-2-6-15-8;1-9-5-2-4(10)3-6(9)8-7(5)11-8/h1-6,13H,(H,11,12);4-8,10H,2-3H2,1H3/t;4?,5-,6?,7+,8?/m.0/s1. The molecule has 0 radical (unpaired) electrons. The molecule has 8 heteroatoms. The Labute approximate surface area is 159 Å². The van der Waals surface area contributed by atoms with Crippen molar-refractivity contribution >= 4 is 28.6 Å². The number of carboxylic acids is 1. The van der Waals surface area contributed by atoms with Crippen molar-refractivity contribution in [2.75, 3.05) is 7.05 Å². The van der Waals surface area contributed by atoms with E-state index in [-0.39, 0.29) is 6.10 Å². The highest BCUT2D eigenvalue weighted by atomic mass is 32.1. The van der Waals surface area contributed by atoms with Crippen LogP contribution in [-0.4, -0.2) is 63.6 Å². The van der Waals surface area contributed by atoms with E-state index in [1.54, 1.807) is 35.0 Å². The van der Waals surface area contributed by atoms with Gasteiger partial charge in [-0.1, -0.05) is 12.1 Å². The number of thiophene rings is 2. The third-order valence-electron chi connectivity index (χ3n) is 5.46. The summed E-state index contributed by atoms with van der Waals surface area (Å²) in [5.74, 6) is -1.24. The lowest BCUT2D eigenvalue weighted by atomic mass is 10.00. The van der Waals surface area contributed by atoms with Crippen LogP contribution in [0.5, 0.6) is 0 Å². The molecule has 0 saturated carbocycles. The number of piperidine rings is 1. The lowest BCUT2D eigenvalue weighted by Crippen LogP contribution is -2.46. The molecule has 140 valence electrons. The number of morpholine rings is 1. The van der Waals surface area contributed by atoms with E-state index in [4.69, 9.17) is 9.84 Å². The molecular formula is C18H21NO5S2. The van der Waals surface area contributed by atoms with Crippen molar-refractivity contribution in [3.63, 3.8) is 0 Å². The number of aliphatic carboxylic acids is 1. The number of epoxide rings is 1. The molecular weight excluding hydrogens is 374 g/mol. The fourth-order valence-electron chi connectivity index (χ4n) is 4.02. The molecule has 5 rings (SSSR count). The third kappa shape index (κ3) is 2.90. The maximum Gasteiger partial charge on any atom is 0.346 e. The Morgan fingerprint density at radius 2 is 1.65 bits per heavy atom. The molecule has 3 aliphatic rings. The molecule has 0 aromatic carbocycles. The summed E-state index contributed by atoms with van der Waals surface area (Å²) in [7, 11) is 2.15. The summed E-state index contributed by atoms with van der Waals surface area (Å²) in [5.41, 5.74) is -1.90. The molecule has 2 bridgehead atoms. The summed E-state index contributed by atoms with van der Waals surface area (Å²) in [6.45, 7) is 0. The molecule has 5 atom stereocenters. The van der Waals surface area contributed by atoms with Crippen LogP contribution in [0, 0.1) is 0 Å². The predicted octanol–water partition coefficient (Wildman–Crippen LogP) is 1.72. The van der Waals surface area contributed by atoms with Crippen molar-refractivity contribution in [1.29, 1.82) is 0 Å². The molecule has 5 heterocycles. The average molecular weight is 396 g/mol. The zero-order chi connectivity index (χ0) is 18.5. The van der Waals surface area contributed by atoms with Crippen LogP contribution in [0.2, 0.25) is 0 Å². The first-order chi connectivity index (χ1) is 12.4. The minimum atomic E-state index is -1.90. The molecule has 0 amide bonds. The molecule has 3 saturated heterocycles. The zero-order valence-electron chi connectivity index (χ0n) is 14.2. The number of aliphatic hydroxyl groups is 2. The first-order valence-electron chi connectivity index (χ1n) is 8.52. The molecule has 2 aromatic rings.